The van der Waals surface area contributed by atoms with Crippen molar-refractivity contribution in [1.82, 2.24) is 4.90 Å². The van der Waals surface area contributed by atoms with E-state index in [2.05, 4.69) is 0 Å². The largest absolute Gasteiger partial charge is 0.340 e. The summed E-state index contributed by atoms with van der Waals surface area (Å²) in [7, 11) is 1.68. The van der Waals surface area contributed by atoms with E-state index in [1.807, 2.05) is 0 Å². The predicted molar refractivity (Wildman–Crippen MR) is 63.8 cm³/mol. The highest BCUT2D eigenvalue weighted by Gasteiger charge is 2.13. The summed E-state index contributed by atoms with van der Waals surface area (Å²) >= 11 is 0. The quantitative estimate of drug-likeness (QED) is 0.880. The number of amides is 1. The van der Waals surface area contributed by atoms with E-state index < -0.39 is 6.04 Å². The highest BCUT2D eigenvalue weighted by Crippen LogP contribution is 2.06. The van der Waals surface area contributed by atoms with Crippen molar-refractivity contribution in [3.63, 3.8) is 0 Å². The second-order valence-electron chi connectivity index (χ2n) is 3.61. The van der Waals surface area contributed by atoms with Gasteiger partial charge in [-0.15, -0.1) is 12.4 Å². The van der Waals surface area contributed by atoms with Crippen molar-refractivity contribution in [3.05, 3.63) is 35.6 Å². The fourth-order valence-corrected chi connectivity index (χ4v) is 1.29. The normalized spacial score (nSPS) is 11.5. The number of hydrogen-bond acceptors (Lipinski definition) is 2. The average Bonchev–Trinajstić information content (AvgIpc) is 2.20. The van der Waals surface area contributed by atoms with E-state index >= 15 is 0 Å². The molecule has 0 fully saturated rings. The topological polar surface area (TPSA) is 46.3 Å². The van der Waals surface area contributed by atoms with Crippen LogP contribution in [0.1, 0.15) is 12.5 Å². The molecule has 0 aromatic heterocycles. The Kier molecular flexibility index (Phi) is 6.00. The molecule has 0 aliphatic rings. The van der Waals surface area contributed by atoms with Crippen molar-refractivity contribution in [2.45, 2.75) is 19.5 Å². The third-order valence-corrected chi connectivity index (χ3v) is 2.10. The molecule has 5 heteroatoms. The SMILES string of the molecule is C[C@H](N)C(=O)N(C)Cc1ccc(F)cc1.Cl. The van der Waals surface area contributed by atoms with Gasteiger partial charge >= 0.3 is 0 Å². The fraction of sp³-hybridized carbons (Fsp3) is 0.364. The zero-order chi connectivity index (χ0) is 11.4. The molecule has 1 atom stereocenters. The Balaban J connectivity index is 0.00000225. The van der Waals surface area contributed by atoms with Crippen LogP contribution in [0.5, 0.6) is 0 Å². The lowest BCUT2D eigenvalue weighted by atomic mass is 10.2. The van der Waals surface area contributed by atoms with Gasteiger partial charge in [0.2, 0.25) is 5.91 Å². The number of nitrogens with two attached hydrogens (primary N) is 1. The summed E-state index contributed by atoms with van der Waals surface area (Å²) in [5, 5.41) is 0. The highest BCUT2D eigenvalue weighted by atomic mass is 35.5. The number of nitrogens with zero attached hydrogens (tertiary/aromatic N) is 1. The molecule has 0 heterocycles. The molecule has 1 rings (SSSR count). The monoisotopic (exact) mass is 246 g/mol. The maximum atomic E-state index is 12.6. The van der Waals surface area contributed by atoms with E-state index in [4.69, 9.17) is 5.73 Å². The van der Waals surface area contributed by atoms with Crippen LogP contribution >= 0.6 is 12.4 Å². The van der Waals surface area contributed by atoms with Crippen molar-refractivity contribution in [2.75, 3.05) is 7.05 Å². The lowest BCUT2D eigenvalue weighted by Gasteiger charge is -2.19. The third kappa shape index (κ3) is 4.16. The van der Waals surface area contributed by atoms with E-state index in [9.17, 15) is 9.18 Å². The molecule has 90 valence electrons. The average molecular weight is 247 g/mol. The zero-order valence-corrected chi connectivity index (χ0v) is 10.1. The zero-order valence-electron chi connectivity index (χ0n) is 9.31. The van der Waals surface area contributed by atoms with Crippen LogP contribution in [-0.4, -0.2) is 23.9 Å². The molecule has 0 radical (unpaired) electrons. The summed E-state index contributed by atoms with van der Waals surface area (Å²) in [6.45, 7) is 2.09. The Hall–Kier alpha value is -1.13. The molecule has 2 N–H and O–H groups in total. The summed E-state index contributed by atoms with van der Waals surface area (Å²) in [6.07, 6.45) is 0. The van der Waals surface area contributed by atoms with Crippen molar-refractivity contribution >= 4 is 18.3 Å². The first-order valence-corrected chi connectivity index (χ1v) is 4.75. The molecule has 0 aliphatic carbocycles. The van der Waals surface area contributed by atoms with E-state index in [1.54, 1.807) is 26.1 Å². The number of benzene rings is 1. The van der Waals surface area contributed by atoms with Crippen LogP contribution in [0.15, 0.2) is 24.3 Å². The fourth-order valence-electron chi connectivity index (χ4n) is 1.29. The van der Waals surface area contributed by atoms with Gasteiger partial charge < -0.3 is 10.6 Å². The minimum absolute atomic E-state index is 0. The van der Waals surface area contributed by atoms with Crippen LogP contribution in [0.4, 0.5) is 4.39 Å². The summed E-state index contributed by atoms with van der Waals surface area (Å²) in [4.78, 5) is 13.0. The molecule has 1 amide bonds. The van der Waals surface area contributed by atoms with Gasteiger partial charge in [-0.05, 0) is 24.6 Å². The van der Waals surface area contributed by atoms with Crippen LogP contribution in [0.3, 0.4) is 0 Å². The first-order valence-electron chi connectivity index (χ1n) is 4.75. The lowest BCUT2D eigenvalue weighted by Crippen LogP contribution is -2.39. The number of halogens is 2. The van der Waals surface area contributed by atoms with E-state index in [1.165, 1.54) is 17.0 Å². The maximum Gasteiger partial charge on any atom is 0.239 e. The van der Waals surface area contributed by atoms with Crippen molar-refractivity contribution in [1.29, 1.82) is 0 Å². The summed E-state index contributed by atoms with van der Waals surface area (Å²) in [5.41, 5.74) is 6.35. The Morgan fingerprint density at radius 2 is 1.94 bits per heavy atom. The Bertz CT molecular complexity index is 340. The molecule has 1 aromatic carbocycles. The van der Waals surface area contributed by atoms with Gasteiger partial charge in [-0.2, -0.15) is 0 Å². The Morgan fingerprint density at radius 1 is 1.44 bits per heavy atom. The molecular weight excluding hydrogens is 231 g/mol. The third-order valence-electron chi connectivity index (χ3n) is 2.10. The van der Waals surface area contributed by atoms with Crippen LogP contribution in [0.2, 0.25) is 0 Å². The molecular formula is C11H16ClFN2O. The van der Waals surface area contributed by atoms with Gasteiger partial charge in [0.15, 0.2) is 0 Å². The summed E-state index contributed by atoms with van der Waals surface area (Å²) in [6, 6.07) is 5.55. The number of carbonyl (C=O) groups excluding carboxylic acids is 1. The van der Waals surface area contributed by atoms with Gasteiger partial charge in [-0.3, -0.25) is 4.79 Å². The van der Waals surface area contributed by atoms with E-state index in [-0.39, 0.29) is 24.1 Å². The van der Waals surface area contributed by atoms with Crippen LogP contribution in [0, 0.1) is 5.82 Å². The molecule has 16 heavy (non-hydrogen) atoms. The number of likely N-dealkylation sites (N-methyl/N-ethyl adjacent to an activating group) is 1. The Morgan fingerprint density at radius 3 is 2.38 bits per heavy atom. The molecule has 1 aromatic rings. The second kappa shape index (κ2) is 6.45. The molecule has 0 bridgehead atoms. The Labute approximate surface area is 101 Å². The van der Waals surface area contributed by atoms with Gasteiger partial charge in [-0.25, -0.2) is 4.39 Å². The molecule has 0 aliphatic heterocycles. The van der Waals surface area contributed by atoms with Crippen molar-refractivity contribution in [2.24, 2.45) is 5.73 Å². The molecule has 0 saturated heterocycles. The number of rotatable bonds is 3. The van der Waals surface area contributed by atoms with Crippen LogP contribution < -0.4 is 5.73 Å². The number of carbonyl (C=O) groups is 1. The standard InChI is InChI=1S/C11H15FN2O.ClH/c1-8(13)11(15)14(2)7-9-3-5-10(12)6-4-9;/h3-6,8H,7,13H2,1-2H3;1H/t8-;/m0./s1. The van der Waals surface area contributed by atoms with Crippen molar-refractivity contribution < 1.29 is 9.18 Å². The minimum Gasteiger partial charge on any atom is -0.340 e. The van der Waals surface area contributed by atoms with Gasteiger partial charge in [0.05, 0.1) is 6.04 Å². The molecule has 0 spiro atoms. The molecule has 3 nitrogen and oxygen atoms in total. The molecule has 0 saturated carbocycles. The smallest absolute Gasteiger partial charge is 0.239 e. The van der Waals surface area contributed by atoms with Crippen LogP contribution in [0.25, 0.3) is 0 Å². The van der Waals surface area contributed by atoms with E-state index in [0.717, 1.165) is 5.56 Å². The second-order valence-corrected chi connectivity index (χ2v) is 3.61. The van der Waals surface area contributed by atoms with Crippen molar-refractivity contribution in [3.8, 4) is 0 Å². The minimum atomic E-state index is -0.504. The molecule has 0 unspecified atom stereocenters. The van der Waals surface area contributed by atoms with Crippen LogP contribution in [-0.2, 0) is 11.3 Å². The predicted octanol–water partition coefficient (Wildman–Crippen LogP) is 1.55. The first-order chi connectivity index (χ1) is 7.00. The lowest BCUT2D eigenvalue weighted by molar-refractivity contribution is -0.131. The summed E-state index contributed by atoms with van der Waals surface area (Å²) < 4.78 is 12.6. The van der Waals surface area contributed by atoms with E-state index in [0.29, 0.717) is 6.54 Å². The maximum absolute atomic E-state index is 12.6. The van der Waals surface area contributed by atoms with Gasteiger partial charge in [-0.1, -0.05) is 12.1 Å². The van der Waals surface area contributed by atoms with Gasteiger partial charge in [0, 0.05) is 13.6 Å². The highest BCUT2D eigenvalue weighted by molar-refractivity contribution is 5.85. The summed E-state index contributed by atoms with van der Waals surface area (Å²) in [5.74, 6) is -0.403. The first kappa shape index (κ1) is 14.9. The van der Waals surface area contributed by atoms with Gasteiger partial charge in [0.25, 0.3) is 0 Å². The number of hydrogen-bond donors (Lipinski definition) is 1. The van der Waals surface area contributed by atoms with Gasteiger partial charge in [0.1, 0.15) is 5.82 Å².